The van der Waals surface area contributed by atoms with Gasteiger partial charge in [0.2, 0.25) is 0 Å². The van der Waals surface area contributed by atoms with Gasteiger partial charge in [-0.15, -0.1) is 0 Å². The number of nitrogens with one attached hydrogen (secondary N) is 1. The van der Waals surface area contributed by atoms with Crippen LogP contribution >= 0.6 is 0 Å². The van der Waals surface area contributed by atoms with Crippen LogP contribution in [0.3, 0.4) is 0 Å². The summed E-state index contributed by atoms with van der Waals surface area (Å²) in [7, 11) is 1.83. The van der Waals surface area contributed by atoms with Gasteiger partial charge in [0.1, 0.15) is 0 Å². The van der Waals surface area contributed by atoms with Crippen LogP contribution in [0.5, 0.6) is 0 Å². The molecule has 1 aromatic carbocycles. The maximum Gasteiger partial charge on any atom is 0.257 e. The number of hydrogen-bond donors (Lipinski definition) is 1. The summed E-state index contributed by atoms with van der Waals surface area (Å²) in [5.74, 6) is 0.0271. The molecule has 0 aliphatic heterocycles. The first-order valence-electron chi connectivity index (χ1n) is 6.48. The summed E-state index contributed by atoms with van der Waals surface area (Å²) in [6.07, 6.45) is 3.54. The molecule has 0 aliphatic rings. The fraction of sp³-hybridized carbons (Fsp3) is 0.333. The molecule has 1 aromatic heterocycles. The molecule has 0 unspecified atom stereocenters. The summed E-state index contributed by atoms with van der Waals surface area (Å²) >= 11 is 0. The molecule has 0 saturated carbocycles. The number of H-pyrrole nitrogens is 1. The van der Waals surface area contributed by atoms with Gasteiger partial charge < -0.3 is 4.90 Å². The van der Waals surface area contributed by atoms with Gasteiger partial charge in [0.25, 0.3) is 5.91 Å². The Hall–Kier alpha value is -2.10. The molecule has 0 radical (unpaired) electrons. The van der Waals surface area contributed by atoms with Crippen molar-refractivity contribution in [1.29, 1.82) is 0 Å². The van der Waals surface area contributed by atoms with Crippen LogP contribution in [0.2, 0.25) is 0 Å². The molecular weight excluding hydrogens is 238 g/mol. The lowest BCUT2D eigenvalue weighted by atomic mass is 10.1. The molecule has 19 heavy (non-hydrogen) atoms. The molecule has 0 bridgehead atoms. The molecule has 4 heteroatoms. The van der Waals surface area contributed by atoms with Crippen LogP contribution in [0, 0.1) is 6.92 Å². The van der Waals surface area contributed by atoms with E-state index in [-0.39, 0.29) is 5.91 Å². The number of amides is 1. The van der Waals surface area contributed by atoms with Gasteiger partial charge in [-0.2, -0.15) is 5.10 Å². The lowest BCUT2D eigenvalue weighted by Gasteiger charge is -2.16. The van der Waals surface area contributed by atoms with Gasteiger partial charge in [0.15, 0.2) is 0 Å². The lowest BCUT2D eigenvalue weighted by Crippen LogP contribution is -2.28. The van der Waals surface area contributed by atoms with Crippen molar-refractivity contribution in [2.24, 2.45) is 0 Å². The van der Waals surface area contributed by atoms with Crippen LogP contribution < -0.4 is 0 Å². The Morgan fingerprint density at radius 1 is 1.32 bits per heavy atom. The standard InChI is InChI=1S/C15H19N3O/c1-12-14(11-16-17-12)15(19)18(2)10-6-9-13-7-4-3-5-8-13/h3-5,7-8,11H,6,9-10H2,1-2H3,(H,16,17). The summed E-state index contributed by atoms with van der Waals surface area (Å²) < 4.78 is 0. The summed E-state index contributed by atoms with van der Waals surface area (Å²) in [6, 6.07) is 10.3. The van der Waals surface area contributed by atoms with Crippen molar-refractivity contribution in [2.75, 3.05) is 13.6 Å². The molecule has 0 spiro atoms. The fourth-order valence-corrected chi connectivity index (χ4v) is 2.04. The molecule has 100 valence electrons. The Labute approximate surface area is 113 Å². The number of nitrogens with zero attached hydrogens (tertiary/aromatic N) is 2. The van der Waals surface area contributed by atoms with Crippen LogP contribution in [-0.2, 0) is 6.42 Å². The van der Waals surface area contributed by atoms with Crippen molar-refractivity contribution < 1.29 is 4.79 Å². The van der Waals surface area contributed by atoms with Crippen LogP contribution in [0.4, 0.5) is 0 Å². The van der Waals surface area contributed by atoms with Crippen molar-refractivity contribution >= 4 is 5.91 Å². The second-order valence-electron chi connectivity index (χ2n) is 4.72. The maximum atomic E-state index is 12.1. The van der Waals surface area contributed by atoms with E-state index in [0.717, 1.165) is 25.1 Å². The number of aromatic nitrogens is 2. The molecule has 0 atom stereocenters. The second kappa shape index (κ2) is 6.18. The molecule has 1 amide bonds. The molecule has 0 fully saturated rings. The van der Waals surface area contributed by atoms with Crippen LogP contribution in [0.1, 0.15) is 28.0 Å². The summed E-state index contributed by atoms with van der Waals surface area (Å²) in [5.41, 5.74) is 2.78. The van der Waals surface area contributed by atoms with Crippen molar-refractivity contribution in [2.45, 2.75) is 19.8 Å². The molecular formula is C15H19N3O. The zero-order valence-corrected chi connectivity index (χ0v) is 11.4. The largest absolute Gasteiger partial charge is 0.342 e. The first-order valence-corrected chi connectivity index (χ1v) is 6.48. The monoisotopic (exact) mass is 257 g/mol. The SMILES string of the molecule is Cc1[nH]ncc1C(=O)N(C)CCCc1ccccc1. The number of aryl methyl sites for hydroxylation is 2. The van der Waals surface area contributed by atoms with Gasteiger partial charge >= 0.3 is 0 Å². The van der Waals surface area contributed by atoms with E-state index < -0.39 is 0 Å². The Bertz CT molecular complexity index is 533. The van der Waals surface area contributed by atoms with Gasteiger partial charge in [-0.3, -0.25) is 9.89 Å². The minimum absolute atomic E-state index is 0.0271. The Balaban J connectivity index is 1.83. The molecule has 1 heterocycles. The van der Waals surface area contributed by atoms with E-state index in [0.29, 0.717) is 5.56 Å². The second-order valence-corrected chi connectivity index (χ2v) is 4.72. The predicted octanol–water partition coefficient (Wildman–Crippen LogP) is 2.42. The number of benzene rings is 1. The molecule has 4 nitrogen and oxygen atoms in total. The highest BCUT2D eigenvalue weighted by Gasteiger charge is 2.14. The zero-order chi connectivity index (χ0) is 13.7. The highest BCUT2D eigenvalue weighted by molar-refractivity contribution is 5.94. The van der Waals surface area contributed by atoms with Crippen molar-refractivity contribution in [3.8, 4) is 0 Å². The minimum atomic E-state index is 0.0271. The summed E-state index contributed by atoms with van der Waals surface area (Å²) in [6.45, 7) is 2.61. The number of rotatable bonds is 5. The maximum absolute atomic E-state index is 12.1. The third-order valence-electron chi connectivity index (χ3n) is 3.21. The predicted molar refractivity (Wildman–Crippen MR) is 75.0 cm³/mol. The number of hydrogen-bond acceptors (Lipinski definition) is 2. The van der Waals surface area contributed by atoms with Crippen molar-refractivity contribution in [3.05, 3.63) is 53.3 Å². The Kier molecular flexibility index (Phi) is 4.34. The van der Waals surface area contributed by atoms with E-state index in [4.69, 9.17) is 0 Å². The topological polar surface area (TPSA) is 49.0 Å². The fourth-order valence-electron chi connectivity index (χ4n) is 2.04. The average Bonchev–Trinajstić information content (AvgIpc) is 2.85. The minimum Gasteiger partial charge on any atom is -0.342 e. The van der Waals surface area contributed by atoms with Crippen molar-refractivity contribution in [3.63, 3.8) is 0 Å². The number of carbonyl (C=O) groups is 1. The smallest absolute Gasteiger partial charge is 0.257 e. The van der Waals surface area contributed by atoms with E-state index in [2.05, 4.69) is 22.3 Å². The first-order chi connectivity index (χ1) is 9.18. The number of aromatic amines is 1. The zero-order valence-electron chi connectivity index (χ0n) is 11.4. The third-order valence-corrected chi connectivity index (χ3v) is 3.21. The normalized spacial score (nSPS) is 10.4. The van der Waals surface area contributed by atoms with Gasteiger partial charge in [0.05, 0.1) is 11.8 Å². The molecule has 2 rings (SSSR count). The van der Waals surface area contributed by atoms with E-state index in [1.807, 2.05) is 32.2 Å². The summed E-state index contributed by atoms with van der Waals surface area (Å²) in [5, 5.41) is 6.67. The summed E-state index contributed by atoms with van der Waals surface area (Å²) in [4.78, 5) is 13.9. The van der Waals surface area contributed by atoms with Crippen LogP contribution in [0.15, 0.2) is 36.5 Å². The van der Waals surface area contributed by atoms with E-state index in [9.17, 15) is 4.79 Å². The van der Waals surface area contributed by atoms with Gasteiger partial charge in [-0.25, -0.2) is 0 Å². The van der Waals surface area contributed by atoms with E-state index in [1.165, 1.54) is 5.56 Å². The molecule has 0 aliphatic carbocycles. The van der Waals surface area contributed by atoms with Crippen LogP contribution in [0.25, 0.3) is 0 Å². The average molecular weight is 257 g/mol. The van der Waals surface area contributed by atoms with Gasteiger partial charge in [-0.05, 0) is 25.3 Å². The number of carbonyl (C=O) groups excluding carboxylic acids is 1. The quantitative estimate of drug-likeness (QED) is 0.894. The molecule has 1 N–H and O–H groups in total. The van der Waals surface area contributed by atoms with E-state index >= 15 is 0 Å². The van der Waals surface area contributed by atoms with Gasteiger partial charge in [-0.1, -0.05) is 30.3 Å². The highest BCUT2D eigenvalue weighted by atomic mass is 16.2. The third kappa shape index (κ3) is 3.44. The molecule has 0 saturated heterocycles. The van der Waals surface area contributed by atoms with E-state index in [1.54, 1.807) is 11.1 Å². The van der Waals surface area contributed by atoms with Crippen LogP contribution in [-0.4, -0.2) is 34.6 Å². The van der Waals surface area contributed by atoms with Crippen molar-refractivity contribution in [1.82, 2.24) is 15.1 Å². The first kappa shape index (κ1) is 13.3. The highest BCUT2D eigenvalue weighted by Crippen LogP contribution is 2.08. The lowest BCUT2D eigenvalue weighted by molar-refractivity contribution is 0.0793. The van der Waals surface area contributed by atoms with Gasteiger partial charge in [0, 0.05) is 19.3 Å². The molecule has 2 aromatic rings. The Morgan fingerprint density at radius 3 is 2.68 bits per heavy atom. The Morgan fingerprint density at radius 2 is 2.05 bits per heavy atom.